The van der Waals surface area contributed by atoms with Gasteiger partial charge in [0.05, 0.1) is 7.11 Å². The van der Waals surface area contributed by atoms with Gasteiger partial charge in [-0.05, 0) is 24.6 Å². The molecule has 1 aromatic heterocycles. The van der Waals surface area contributed by atoms with Crippen LogP contribution in [0.2, 0.25) is 0 Å². The average Bonchev–Trinajstić information content (AvgIpc) is 2.55. The van der Waals surface area contributed by atoms with Crippen molar-refractivity contribution in [3.05, 3.63) is 29.2 Å². The van der Waals surface area contributed by atoms with Crippen LogP contribution in [-0.4, -0.2) is 18.1 Å². The van der Waals surface area contributed by atoms with Gasteiger partial charge in [0.1, 0.15) is 11.1 Å². The predicted octanol–water partition coefficient (Wildman–Crippen LogP) is 2.23. The standard InChI is InChI=1S/C11H11NO3/c1-6-4-8(11(13)14-3)10-9(5-6)12-7(2)15-10/h4-5H,1-3H3. The fourth-order valence-corrected chi connectivity index (χ4v) is 1.55. The first-order chi connectivity index (χ1) is 7.11. The lowest BCUT2D eigenvalue weighted by Crippen LogP contribution is -2.01. The molecule has 0 bridgehead atoms. The zero-order valence-corrected chi connectivity index (χ0v) is 8.83. The maximum atomic E-state index is 11.5. The van der Waals surface area contributed by atoms with Gasteiger partial charge in [-0.3, -0.25) is 0 Å². The highest BCUT2D eigenvalue weighted by atomic mass is 16.5. The maximum absolute atomic E-state index is 11.5. The number of carbonyl (C=O) groups excluding carboxylic acids is 1. The lowest BCUT2D eigenvalue weighted by atomic mass is 10.1. The van der Waals surface area contributed by atoms with Crippen LogP contribution in [0.15, 0.2) is 16.5 Å². The number of nitrogens with zero attached hydrogens (tertiary/aromatic N) is 1. The van der Waals surface area contributed by atoms with E-state index in [-0.39, 0.29) is 0 Å². The quantitative estimate of drug-likeness (QED) is 0.670. The van der Waals surface area contributed by atoms with Crippen LogP contribution in [0.25, 0.3) is 11.1 Å². The van der Waals surface area contributed by atoms with Crippen molar-refractivity contribution in [3.63, 3.8) is 0 Å². The summed E-state index contributed by atoms with van der Waals surface area (Å²) >= 11 is 0. The number of hydrogen-bond acceptors (Lipinski definition) is 4. The second kappa shape index (κ2) is 3.38. The molecule has 15 heavy (non-hydrogen) atoms. The number of benzene rings is 1. The Morgan fingerprint density at radius 2 is 2.13 bits per heavy atom. The minimum absolute atomic E-state index is 0.403. The van der Waals surface area contributed by atoms with Gasteiger partial charge >= 0.3 is 5.97 Å². The van der Waals surface area contributed by atoms with E-state index >= 15 is 0 Å². The number of ether oxygens (including phenoxy) is 1. The Morgan fingerprint density at radius 1 is 1.40 bits per heavy atom. The molecule has 0 aliphatic carbocycles. The van der Waals surface area contributed by atoms with E-state index in [2.05, 4.69) is 9.72 Å². The zero-order chi connectivity index (χ0) is 11.0. The minimum atomic E-state index is -0.403. The summed E-state index contributed by atoms with van der Waals surface area (Å²) in [6.07, 6.45) is 0. The molecule has 0 saturated carbocycles. The summed E-state index contributed by atoms with van der Waals surface area (Å²) in [5.74, 6) is 0.139. The maximum Gasteiger partial charge on any atom is 0.341 e. The lowest BCUT2D eigenvalue weighted by molar-refractivity contribution is 0.0601. The molecule has 0 fully saturated rings. The van der Waals surface area contributed by atoms with Gasteiger partial charge < -0.3 is 9.15 Å². The van der Waals surface area contributed by atoms with Crippen molar-refractivity contribution in [2.45, 2.75) is 13.8 Å². The van der Waals surface area contributed by atoms with Crippen molar-refractivity contribution in [2.75, 3.05) is 7.11 Å². The molecular weight excluding hydrogens is 194 g/mol. The van der Waals surface area contributed by atoms with Crippen molar-refractivity contribution in [2.24, 2.45) is 0 Å². The molecule has 1 aromatic carbocycles. The third kappa shape index (κ3) is 1.58. The number of methoxy groups -OCH3 is 1. The van der Waals surface area contributed by atoms with Crippen LogP contribution in [0, 0.1) is 13.8 Å². The number of hydrogen-bond donors (Lipinski definition) is 0. The highest BCUT2D eigenvalue weighted by Gasteiger charge is 2.15. The third-order valence-electron chi connectivity index (χ3n) is 2.15. The van der Waals surface area contributed by atoms with Gasteiger partial charge in [0.25, 0.3) is 0 Å². The molecule has 0 atom stereocenters. The predicted molar refractivity (Wildman–Crippen MR) is 54.8 cm³/mol. The summed E-state index contributed by atoms with van der Waals surface area (Å²) in [6, 6.07) is 3.61. The van der Waals surface area contributed by atoms with Crippen molar-refractivity contribution in [3.8, 4) is 0 Å². The van der Waals surface area contributed by atoms with Crippen molar-refractivity contribution >= 4 is 17.1 Å². The summed E-state index contributed by atoms with van der Waals surface area (Å²) in [7, 11) is 1.35. The first-order valence-corrected chi connectivity index (χ1v) is 4.58. The van der Waals surface area contributed by atoms with E-state index in [1.807, 2.05) is 13.0 Å². The van der Waals surface area contributed by atoms with E-state index in [4.69, 9.17) is 4.42 Å². The summed E-state index contributed by atoms with van der Waals surface area (Å²) in [5, 5.41) is 0. The van der Waals surface area contributed by atoms with E-state index < -0.39 is 5.97 Å². The third-order valence-corrected chi connectivity index (χ3v) is 2.15. The fourth-order valence-electron chi connectivity index (χ4n) is 1.55. The number of esters is 1. The van der Waals surface area contributed by atoms with Gasteiger partial charge in [-0.2, -0.15) is 0 Å². The molecule has 4 nitrogen and oxygen atoms in total. The number of rotatable bonds is 1. The Hall–Kier alpha value is -1.84. The monoisotopic (exact) mass is 205 g/mol. The average molecular weight is 205 g/mol. The summed E-state index contributed by atoms with van der Waals surface area (Å²) < 4.78 is 10.0. The molecule has 0 unspecified atom stereocenters. The molecule has 2 aromatic rings. The van der Waals surface area contributed by atoms with Crippen LogP contribution < -0.4 is 0 Å². The number of carbonyl (C=O) groups is 1. The molecule has 0 N–H and O–H groups in total. The summed E-state index contributed by atoms with van der Waals surface area (Å²) in [4.78, 5) is 15.7. The SMILES string of the molecule is COC(=O)c1cc(C)cc2nc(C)oc12. The van der Waals surface area contributed by atoms with Gasteiger partial charge in [-0.25, -0.2) is 9.78 Å². The van der Waals surface area contributed by atoms with Crippen LogP contribution in [0.5, 0.6) is 0 Å². The van der Waals surface area contributed by atoms with Crippen molar-refractivity contribution in [1.82, 2.24) is 4.98 Å². The molecule has 4 heteroatoms. The molecule has 1 heterocycles. The van der Waals surface area contributed by atoms with Crippen LogP contribution in [0.1, 0.15) is 21.8 Å². The minimum Gasteiger partial charge on any atom is -0.465 e. The Labute approximate surface area is 86.9 Å². The van der Waals surface area contributed by atoms with Crippen molar-refractivity contribution < 1.29 is 13.9 Å². The van der Waals surface area contributed by atoms with Crippen LogP contribution in [0.3, 0.4) is 0 Å². The van der Waals surface area contributed by atoms with E-state index in [0.717, 1.165) is 5.56 Å². The Kier molecular flexibility index (Phi) is 2.19. The van der Waals surface area contributed by atoms with Gasteiger partial charge in [-0.1, -0.05) is 0 Å². The topological polar surface area (TPSA) is 52.3 Å². The Balaban J connectivity index is 2.75. The molecule has 0 spiro atoms. The Bertz CT molecular complexity index is 528. The van der Waals surface area contributed by atoms with Gasteiger partial charge in [-0.15, -0.1) is 0 Å². The largest absolute Gasteiger partial charge is 0.465 e. The summed E-state index contributed by atoms with van der Waals surface area (Å²) in [6.45, 7) is 3.65. The van der Waals surface area contributed by atoms with Gasteiger partial charge in [0.15, 0.2) is 11.5 Å². The molecule has 0 aliphatic heterocycles. The molecule has 0 saturated heterocycles. The first kappa shape index (κ1) is 9.71. The van der Waals surface area contributed by atoms with Crippen LogP contribution in [-0.2, 0) is 4.74 Å². The molecule has 0 radical (unpaired) electrons. The van der Waals surface area contributed by atoms with Gasteiger partial charge in [0.2, 0.25) is 0 Å². The lowest BCUT2D eigenvalue weighted by Gasteiger charge is -2.00. The second-order valence-electron chi connectivity index (χ2n) is 3.39. The fraction of sp³-hybridized carbons (Fsp3) is 0.273. The first-order valence-electron chi connectivity index (χ1n) is 4.58. The number of fused-ring (bicyclic) bond motifs is 1. The van der Waals surface area contributed by atoms with E-state index in [1.54, 1.807) is 13.0 Å². The van der Waals surface area contributed by atoms with E-state index in [9.17, 15) is 4.79 Å². The molecular formula is C11H11NO3. The second-order valence-corrected chi connectivity index (χ2v) is 3.39. The highest BCUT2D eigenvalue weighted by molar-refractivity contribution is 6.01. The smallest absolute Gasteiger partial charge is 0.341 e. The number of aromatic nitrogens is 1. The molecule has 2 rings (SSSR count). The molecule has 0 amide bonds. The normalized spacial score (nSPS) is 10.6. The summed E-state index contributed by atoms with van der Waals surface area (Å²) in [5.41, 5.74) is 2.56. The number of aryl methyl sites for hydroxylation is 2. The van der Waals surface area contributed by atoms with Crippen LogP contribution in [0.4, 0.5) is 0 Å². The molecule has 0 aliphatic rings. The van der Waals surface area contributed by atoms with E-state index in [0.29, 0.717) is 22.6 Å². The van der Waals surface area contributed by atoms with E-state index in [1.165, 1.54) is 7.11 Å². The van der Waals surface area contributed by atoms with Gasteiger partial charge in [0, 0.05) is 6.92 Å². The molecule has 78 valence electrons. The number of oxazole rings is 1. The zero-order valence-electron chi connectivity index (χ0n) is 8.83. The Morgan fingerprint density at radius 3 is 2.80 bits per heavy atom. The highest BCUT2D eigenvalue weighted by Crippen LogP contribution is 2.22. The van der Waals surface area contributed by atoms with Crippen LogP contribution >= 0.6 is 0 Å². The van der Waals surface area contributed by atoms with Crippen molar-refractivity contribution in [1.29, 1.82) is 0 Å².